The van der Waals surface area contributed by atoms with Gasteiger partial charge in [0.25, 0.3) is 0 Å². The van der Waals surface area contributed by atoms with Crippen molar-refractivity contribution in [2.75, 3.05) is 0 Å². The number of nitrogens with zero attached hydrogens (tertiary/aromatic N) is 2. The van der Waals surface area contributed by atoms with Crippen LogP contribution in [0, 0.1) is 5.82 Å². The summed E-state index contributed by atoms with van der Waals surface area (Å²) in [5.74, 6) is -1.49. The van der Waals surface area contributed by atoms with Gasteiger partial charge in [-0.25, -0.2) is 4.39 Å². The van der Waals surface area contributed by atoms with Crippen molar-refractivity contribution in [2.24, 2.45) is 7.05 Å². The lowest BCUT2D eigenvalue weighted by atomic mass is 10.1. The summed E-state index contributed by atoms with van der Waals surface area (Å²) in [6.07, 6.45) is -4.61. The fraction of sp³-hybridized carbons (Fsp3) is 0.167. The van der Waals surface area contributed by atoms with Crippen LogP contribution in [0.1, 0.15) is 21.7 Å². The fourth-order valence-corrected chi connectivity index (χ4v) is 1.81. The van der Waals surface area contributed by atoms with Gasteiger partial charge in [0.15, 0.2) is 0 Å². The number of carbonyl (C=O) groups is 1. The van der Waals surface area contributed by atoms with Gasteiger partial charge in [-0.15, -0.1) is 0 Å². The first-order chi connectivity index (χ1) is 9.20. The molecule has 0 aliphatic rings. The molecule has 0 saturated carbocycles. The van der Waals surface area contributed by atoms with Crippen molar-refractivity contribution in [3.05, 3.63) is 52.1 Å². The zero-order valence-electron chi connectivity index (χ0n) is 10.0. The highest BCUT2D eigenvalue weighted by Gasteiger charge is 2.35. The van der Waals surface area contributed by atoms with E-state index in [2.05, 4.69) is 5.10 Å². The van der Waals surface area contributed by atoms with Crippen LogP contribution in [0.2, 0.25) is 5.02 Å². The summed E-state index contributed by atoms with van der Waals surface area (Å²) in [6.45, 7) is 0. The number of rotatable bonds is 2. The quantitative estimate of drug-likeness (QED) is 0.629. The highest BCUT2D eigenvalue weighted by molar-refractivity contribution is 6.31. The van der Waals surface area contributed by atoms with E-state index in [9.17, 15) is 22.4 Å². The topological polar surface area (TPSA) is 34.9 Å². The molecular weight excluding hydrogens is 300 g/mol. The van der Waals surface area contributed by atoms with Crippen LogP contribution in [0.3, 0.4) is 0 Å². The molecule has 0 N–H and O–H groups in total. The number of hydrogen-bond donors (Lipinski definition) is 0. The number of aromatic nitrogens is 2. The predicted molar refractivity (Wildman–Crippen MR) is 63.1 cm³/mol. The maximum absolute atomic E-state index is 13.0. The molecule has 0 radical (unpaired) electrons. The van der Waals surface area contributed by atoms with Crippen molar-refractivity contribution in [3.8, 4) is 0 Å². The third-order valence-corrected chi connectivity index (χ3v) is 2.87. The maximum atomic E-state index is 13.0. The molecule has 0 aliphatic carbocycles. The van der Waals surface area contributed by atoms with Crippen molar-refractivity contribution in [1.82, 2.24) is 9.78 Å². The summed E-state index contributed by atoms with van der Waals surface area (Å²) in [6, 6.07) is 3.77. The lowest BCUT2D eigenvalue weighted by Gasteiger charge is -2.04. The minimum Gasteiger partial charge on any atom is -0.287 e. The molecule has 0 bridgehead atoms. The van der Waals surface area contributed by atoms with Crippen molar-refractivity contribution in [3.63, 3.8) is 0 Å². The van der Waals surface area contributed by atoms with Crippen LogP contribution < -0.4 is 0 Å². The summed E-state index contributed by atoms with van der Waals surface area (Å²) in [5, 5.41) is 3.23. The van der Waals surface area contributed by atoms with Gasteiger partial charge in [-0.05, 0) is 24.3 Å². The van der Waals surface area contributed by atoms with Crippen LogP contribution in [-0.2, 0) is 13.2 Å². The van der Waals surface area contributed by atoms with E-state index in [1.54, 1.807) is 0 Å². The first kappa shape index (κ1) is 14.5. The number of alkyl halides is 3. The second-order valence-electron chi connectivity index (χ2n) is 3.99. The van der Waals surface area contributed by atoms with E-state index >= 15 is 0 Å². The average Bonchev–Trinajstić information content (AvgIpc) is 2.74. The van der Waals surface area contributed by atoms with Crippen LogP contribution in [0.4, 0.5) is 17.6 Å². The summed E-state index contributed by atoms with van der Waals surface area (Å²) in [7, 11) is 1.08. The predicted octanol–water partition coefficient (Wildman–Crippen LogP) is 3.46. The number of benzene rings is 1. The van der Waals surface area contributed by atoms with E-state index in [-0.39, 0.29) is 16.3 Å². The van der Waals surface area contributed by atoms with Gasteiger partial charge in [0.05, 0.1) is 5.02 Å². The number of ketones is 1. The molecule has 8 heteroatoms. The summed E-state index contributed by atoms with van der Waals surface area (Å²) >= 11 is 5.52. The highest BCUT2D eigenvalue weighted by Crippen LogP contribution is 2.29. The Hall–Kier alpha value is -1.89. The first-order valence-corrected chi connectivity index (χ1v) is 5.69. The van der Waals surface area contributed by atoms with Crippen molar-refractivity contribution >= 4 is 17.4 Å². The Kier molecular flexibility index (Phi) is 3.56. The minimum atomic E-state index is -4.61. The zero-order valence-corrected chi connectivity index (χ0v) is 10.8. The van der Waals surface area contributed by atoms with E-state index in [0.717, 1.165) is 25.2 Å². The molecule has 1 heterocycles. The minimum absolute atomic E-state index is 0.0387. The number of hydrogen-bond acceptors (Lipinski definition) is 2. The Balaban J connectivity index is 2.41. The van der Waals surface area contributed by atoms with Gasteiger partial charge in [-0.3, -0.25) is 9.48 Å². The third-order valence-electron chi connectivity index (χ3n) is 2.58. The second kappa shape index (κ2) is 4.90. The maximum Gasteiger partial charge on any atom is 0.433 e. The van der Waals surface area contributed by atoms with E-state index in [1.165, 1.54) is 0 Å². The highest BCUT2D eigenvalue weighted by atomic mass is 35.5. The van der Waals surface area contributed by atoms with Gasteiger partial charge in [0.1, 0.15) is 17.2 Å². The monoisotopic (exact) mass is 306 g/mol. The molecule has 0 amide bonds. The molecule has 0 saturated heterocycles. The van der Waals surface area contributed by atoms with Gasteiger partial charge in [-0.2, -0.15) is 18.3 Å². The lowest BCUT2D eigenvalue weighted by Crippen LogP contribution is -2.11. The van der Waals surface area contributed by atoms with Gasteiger partial charge in [0.2, 0.25) is 5.78 Å². The second-order valence-corrected chi connectivity index (χ2v) is 4.40. The van der Waals surface area contributed by atoms with Crippen molar-refractivity contribution in [1.29, 1.82) is 0 Å². The SMILES string of the molecule is Cn1nc(C(=O)c2ccc(F)c(Cl)c2)cc1C(F)(F)F. The van der Waals surface area contributed by atoms with Crippen LogP contribution >= 0.6 is 11.6 Å². The Morgan fingerprint density at radius 3 is 2.45 bits per heavy atom. The molecule has 0 spiro atoms. The van der Waals surface area contributed by atoms with Crippen molar-refractivity contribution < 1.29 is 22.4 Å². The van der Waals surface area contributed by atoms with Crippen LogP contribution in [0.15, 0.2) is 24.3 Å². The number of carbonyl (C=O) groups excluding carboxylic acids is 1. The fourth-order valence-electron chi connectivity index (χ4n) is 1.63. The number of halogens is 5. The number of aryl methyl sites for hydroxylation is 1. The molecule has 106 valence electrons. The molecule has 0 unspecified atom stereocenters. The van der Waals surface area contributed by atoms with Gasteiger partial charge in [-0.1, -0.05) is 11.6 Å². The summed E-state index contributed by atoms with van der Waals surface area (Å²) in [5.41, 5.74) is -1.47. The molecule has 1 aromatic carbocycles. The van der Waals surface area contributed by atoms with E-state index < -0.39 is 23.5 Å². The Morgan fingerprint density at radius 2 is 1.95 bits per heavy atom. The average molecular weight is 307 g/mol. The largest absolute Gasteiger partial charge is 0.433 e. The van der Waals surface area contributed by atoms with E-state index in [0.29, 0.717) is 10.7 Å². The molecular formula is C12H7ClF4N2O. The normalized spacial score (nSPS) is 11.7. The Labute approximate surface area is 115 Å². The lowest BCUT2D eigenvalue weighted by molar-refractivity contribution is -0.143. The van der Waals surface area contributed by atoms with Gasteiger partial charge >= 0.3 is 6.18 Å². The zero-order chi connectivity index (χ0) is 15.1. The molecule has 20 heavy (non-hydrogen) atoms. The summed E-state index contributed by atoms with van der Waals surface area (Å²) in [4.78, 5) is 12.0. The van der Waals surface area contributed by atoms with Crippen LogP contribution in [-0.4, -0.2) is 15.6 Å². The van der Waals surface area contributed by atoms with Crippen LogP contribution in [0.25, 0.3) is 0 Å². The summed E-state index contributed by atoms with van der Waals surface area (Å²) < 4.78 is 51.4. The van der Waals surface area contributed by atoms with Gasteiger partial charge < -0.3 is 0 Å². The molecule has 0 fully saturated rings. The Morgan fingerprint density at radius 1 is 1.30 bits per heavy atom. The molecule has 2 aromatic rings. The Bertz CT molecular complexity index is 679. The van der Waals surface area contributed by atoms with Crippen LogP contribution in [0.5, 0.6) is 0 Å². The van der Waals surface area contributed by atoms with Crippen molar-refractivity contribution in [2.45, 2.75) is 6.18 Å². The van der Waals surface area contributed by atoms with Gasteiger partial charge in [0, 0.05) is 12.6 Å². The van der Waals surface area contributed by atoms with E-state index in [4.69, 9.17) is 11.6 Å². The van der Waals surface area contributed by atoms with E-state index in [1.807, 2.05) is 0 Å². The smallest absolute Gasteiger partial charge is 0.287 e. The standard InChI is InChI=1S/C12H7ClF4N2O/c1-19-10(12(15,16)17)5-9(18-19)11(20)6-2-3-8(14)7(13)4-6/h2-5H,1H3. The molecule has 0 atom stereocenters. The molecule has 1 aromatic heterocycles. The third kappa shape index (κ3) is 2.67. The molecule has 2 rings (SSSR count). The first-order valence-electron chi connectivity index (χ1n) is 5.31. The molecule has 0 aliphatic heterocycles. The molecule has 3 nitrogen and oxygen atoms in total.